The molecule has 1 atom stereocenters. The van der Waals surface area contributed by atoms with Crippen molar-refractivity contribution < 1.29 is 14.3 Å². The molecule has 168 valence electrons. The van der Waals surface area contributed by atoms with Gasteiger partial charge >= 0.3 is 0 Å². The Morgan fingerprint density at radius 2 is 2.06 bits per heavy atom. The Kier molecular flexibility index (Phi) is 6.84. The zero-order chi connectivity index (χ0) is 22.5. The van der Waals surface area contributed by atoms with Crippen molar-refractivity contribution in [3.63, 3.8) is 0 Å². The highest BCUT2D eigenvalue weighted by atomic mass is 35.5. The molecule has 0 saturated heterocycles. The van der Waals surface area contributed by atoms with Crippen molar-refractivity contribution in [1.82, 2.24) is 15.3 Å². The summed E-state index contributed by atoms with van der Waals surface area (Å²) in [7, 11) is 1.87. The van der Waals surface area contributed by atoms with Gasteiger partial charge in [-0.1, -0.05) is 11.6 Å². The predicted octanol–water partition coefficient (Wildman–Crippen LogP) is 3.07. The van der Waals surface area contributed by atoms with E-state index in [9.17, 15) is 9.59 Å². The molecule has 0 fully saturated rings. The molecule has 2 N–H and O–H groups in total. The quantitative estimate of drug-likeness (QED) is 0.630. The second-order valence-electron chi connectivity index (χ2n) is 7.75. The normalized spacial score (nSPS) is 19.7. The van der Waals surface area contributed by atoms with E-state index in [4.69, 9.17) is 16.3 Å². The SMILES string of the molecule is CN1CCNC(=O)CCCCCOc2cc(ccc2Cl)N=CC2C(=O)Nc3ncnc1c32. The molecule has 10 heteroatoms. The third kappa shape index (κ3) is 4.99. The van der Waals surface area contributed by atoms with Crippen LogP contribution in [-0.4, -0.2) is 54.7 Å². The molecular weight excluding hydrogens is 432 g/mol. The summed E-state index contributed by atoms with van der Waals surface area (Å²) in [6.07, 6.45) is 5.97. The lowest BCUT2D eigenvalue weighted by Gasteiger charge is -2.21. The van der Waals surface area contributed by atoms with E-state index in [1.165, 1.54) is 6.33 Å². The van der Waals surface area contributed by atoms with Gasteiger partial charge in [0.15, 0.2) is 0 Å². The summed E-state index contributed by atoms with van der Waals surface area (Å²) in [6, 6.07) is 5.25. The largest absolute Gasteiger partial charge is 0.492 e. The van der Waals surface area contributed by atoms with E-state index >= 15 is 0 Å². The zero-order valence-corrected chi connectivity index (χ0v) is 18.6. The number of hydrogen-bond acceptors (Lipinski definition) is 7. The topological polar surface area (TPSA) is 109 Å². The summed E-state index contributed by atoms with van der Waals surface area (Å²) in [5.41, 5.74) is 1.29. The number of carbonyl (C=O) groups excluding carboxylic acids is 2. The van der Waals surface area contributed by atoms with Gasteiger partial charge in [-0.3, -0.25) is 14.6 Å². The monoisotopic (exact) mass is 456 g/mol. The van der Waals surface area contributed by atoms with Crippen LogP contribution in [0.1, 0.15) is 37.2 Å². The minimum absolute atomic E-state index is 0.0164. The van der Waals surface area contributed by atoms with Crippen LogP contribution in [0.15, 0.2) is 29.5 Å². The van der Waals surface area contributed by atoms with Crippen LogP contribution in [0.25, 0.3) is 0 Å². The molecule has 1 aromatic carbocycles. The molecule has 2 aromatic rings. The maximum Gasteiger partial charge on any atom is 0.238 e. The van der Waals surface area contributed by atoms with Crippen LogP contribution in [0.4, 0.5) is 17.3 Å². The molecule has 0 spiro atoms. The van der Waals surface area contributed by atoms with Crippen molar-refractivity contribution in [2.45, 2.75) is 31.6 Å². The van der Waals surface area contributed by atoms with Crippen molar-refractivity contribution in [1.29, 1.82) is 0 Å². The van der Waals surface area contributed by atoms with Gasteiger partial charge in [-0.05, 0) is 31.4 Å². The van der Waals surface area contributed by atoms with E-state index in [2.05, 4.69) is 25.6 Å². The van der Waals surface area contributed by atoms with Gasteiger partial charge in [0.2, 0.25) is 11.8 Å². The molecule has 1 unspecified atom stereocenters. The number of carbonyl (C=O) groups is 2. The molecule has 4 rings (SSSR count). The highest BCUT2D eigenvalue weighted by Crippen LogP contribution is 2.36. The molecule has 2 bridgehead atoms. The molecule has 0 aliphatic carbocycles. The van der Waals surface area contributed by atoms with Crippen LogP contribution >= 0.6 is 11.6 Å². The first kappa shape index (κ1) is 22.0. The summed E-state index contributed by atoms with van der Waals surface area (Å²) in [4.78, 5) is 39.8. The second-order valence-corrected chi connectivity index (χ2v) is 8.16. The van der Waals surface area contributed by atoms with Gasteiger partial charge in [0, 0.05) is 38.8 Å². The number of anilines is 2. The predicted molar refractivity (Wildman–Crippen MR) is 123 cm³/mol. The molecule has 2 aliphatic rings. The third-order valence-electron chi connectivity index (χ3n) is 5.42. The minimum atomic E-state index is -0.639. The summed E-state index contributed by atoms with van der Waals surface area (Å²) >= 11 is 6.26. The highest BCUT2D eigenvalue weighted by Gasteiger charge is 2.34. The number of halogens is 1. The molecule has 2 amide bonds. The van der Waals surface area contributed by atoms with Crippen LogP contribution in [0.5, 0.6) is 5.75 Å². The van der Waals surface area contributed by atoms with Gasteiger partial charge in [0.25, 0.3) is 0 Å². The van der Waals surface area contributed by atoms with Gasteiger partial charge in [-0.25, -0.2) is 9.97 Å². The fourth-order valence-electron chi connectivity index (χ4n) is 3.69. The molecule has 1 aromatic heterocycles. The molecule has 0 radical (unpaired) electrons. The van der Waals surface area contributed by atoms with E-state index in [0.29, 0.717) is 59.8 Å². The number of fused-ring (bicyclic) bond motifs is 2. The zero-order valence-electron chi connectivity index (χ0n) is 17.8. The van der Waals surface area contributed by atoms with E-state index < -0.39 is 5.92 Å². The standard InChI is InChI=1S/C22H25ClN6O3/c1-29-9-8-24-18(30)5-3-2-4-10-32-17-11-14(6-7-16(17)23)25-12-15-19-20(28-22(15)31)26-13-27-21(19)29/h6-7,11-13,15H,2-5,8-10H2,1H3,(H,24,30)(H,26,27,28,31). The number of rotatable bonds is 0. The summed E-state index contributed by atoms with van der Waals surface area (Å²) < 4.78 is 5.81. The van der Waals surface area contributed by atoms with Crippen molar-refractivity contribution in [2.24, 2.45) is 4.99 Å². The Hall–Kier alpha value is -3.20. The number of nitrogens with one attached hydrogen (secondary N) is 2. The highest BCUT2D eigenvalue weighted by molar-refractivity contribution is 6.32. The van der Waals surface area contributed by atoms with Gasteiger partial charge in [0.1, 0.15) is 29.6 Å². The Labute approximate surface area is 191 Å². The average Bonchev–Trinajstić information content (AvgIpc) is 3.10. The van der Waals surface area contributed by atoms with Crippen LogP contribution in [0.2, 0.25) is 5.02 Å². The van der Waals surface area contributed by atoms with Gasteiger partial charge in [-0.15, -0.1) is 0 Å². The third-order valence-corrected chi connectivity index (χ3v) is 5.73. The second kappa shape index (κ2) is 9.95. The van der Waals surface area contributed by atoms with Crippen LogP contribution in [0, 0.1) is 0 Å². The number of ether oxygens (including phenoxy) is 1. The molecule has 9 nitrogen and oxygen atoms in total. The Morgan fingerprint density at radius 3 is 2.94 bits per heavy atom. The number of amides is 2. The van der Waals surface area contributed by atoms with E-state index in [1.54, 1.807) is 24.4 Å². The lowest BCUT2D eigenvalue weighted by molar-refractivity contribution is -0.121. The lowest BCUT2D eigenvalue weighted by atomic mass is 10.0. The molecule has 32 heavy (non-hydrogen) atoms. The summed E-state index contributed by atoms with van der Waals surface area (Å²) in [6.45, 7) is 1.52. The molecule has 3 heterocycles. The number of hydrogen-bond donors (Lipinski definition) is 2. The van der Waals surface area contributed by atoms with E-state index in [1.807, 2.05) is 11.9 Å². The first-order valence-electron chi connectivity index (χ1n) is 10.6. The van der Waals surface area contributed by atoms with Crippen molar-refractivity contribution >= 4 is 47.0 Å². The van der Waals surface area contributed by atoms with E-state index in [-0.39, 0.29) is 11.8 Å². The summed E-state index contributed by atoms with van der Waals surface area (Å²) in [5, 5.41) is 6.23. The molecular formula is C22H25ClN6O3. The number of aliphatic imine (C=N–C) groups is 1. The van der Waals surface area contributed by atoms with Crippen molar-refractivity contribution in [3.8, 4) is 5.75 Å². The average molecular weight is 457 g/mol. The van der Waals surface area contributed by atoms with Gasteiger partial charge in [0.05, 0.1) is 22.9 Å². The molecule has 2 aliphatic heterocycles. The summed E-state index contributed by atoms with van der Waals surface area (Å²) in [5.74, 6) is 0.791. The maximum atomic E-state index is 12.6. The first-order valence-corrected chi connectivity index (χ1v) is 11.0. The maximum absolute atomic E-state index is 12.6. The van der Waals surface area contributed by atoms with Crippen molar-refractivity contribution in [2.75, 3.05) is 37.0 Å². The first-order chi connectivity index (χ1) is 15.5. The number of nitrogens with zero attached hydrogens (tertiary/aromatic N) is 4. The Morgan fingerprint density at radius 1 is 1.19 bits per heavy atom. The van der Waals surface area contributed by atoms with Crippen LogP contribution < -0.4 is 20.3 Å². The van der Waals surface area contributed by atoms with Gasteiger partial charge in [-0.2, -0.15) is 0 Å². The van der Waals surface area contributed by atoms with Crippen LogP contribution in [0.3, 0.4) is 0 Å². The lowest BCUT2D eigenvalue weighted by Crippen LogP contribution is -2.33. The Balaban J connectivity index is 1.65. The Bertz CT molecular complexity index is 1040. The fraction of sp³-hybridized carbons (Fsp3) is 0.409. The van der Waals surface area contributed by atoms with Crippen LogP contribution in [-0.2, 0) is 9.59 Å². The van der Waals surface area contributed by atoms with Gasteiger partial charge < -0.3 is 20.3 Å². The molecule has 0 saturated carbocycles. The van der Waals surface area contributed by atoms with Crippen molar-refractivity contribution in [3.05, 3.63) is 35.1 Å². The minimum Gasteiger partial charge on any atom is -0.492 e. The number of likely N-dealkylation sites (N-methyl/N-ethyl adjacent to an activating group) is 1. The number of aromatic nitrogens is 2. The van der Waals surface area contributed by atoms with E-state index in [0.717, 1.165) is 19.3 Å². The smallest absolute Gasteiger partial charge is 0.238 e. The number of benzene rings is 1. The fourth-order valence-corrected chi connectivity index (χ4v) is 3.86.